The number of methoxy groups -OCH3 is 3. The molecule has 1 amide bonds. The van der Waals surface area contributed by atoms with E-state index < -0.39 is 0 Å². The van der Waals surface area contributed by atoms with Gasteiger partial charge in [0, 0.05) is 13.1 Å². The molecule has 0 radical (unpaired) electrons. The molecule has 0 unspecified atom stereocenters. The number of nitrogens with one attached hydrogen (secondary N) is 1. The van der Waals surface area contributed by atoms with E-state index in [4.69, 9.17) is 14.2 Å². The van der Waals surface area contributed by atoms with Crippen LogP contribution in [0.1, 0.15) is 28.8 Å². The van der Waals surface area contributed by atoms with Gasteiger partial charge in [-0.05, 0) is 66.4 Å². The number of carbonyl (C=O) groups excluding carboxylic acids is 1. The lowest BCUT2D eigenvalue weighted by molar-refractivity contribution is 0.0931. The van der Waals surface area contributed by atoms with Crippen LogP contribution in [0.5, 0.6) is 17.2 Å². The Morgan fingerprint density at radius 2 is 1.86 bits per heavy atom. The molecular formula is C21H28N2O4S. The van der Waals surface area contributed by atoms with Crippen LogP contribution >= 0.6 is 11.3 Å². The molecule has 1 N–H and O–H groups in total. The van der Waals surface area contributed by atoms with Gasteiger partial charge in [0.15, 0.2) is 11.5 Å². The molecule has 1 aromatic heterocycles. The average Bonchev–Trinajstić information content (AvgIpc) is 3.24. The van der Waals surface area contributed by atoms with Gasteiger partial charge in [-0.15, -0.1) is 0 Å². The van der Waals surface area contributed by atoms with E-state index in [0.29, 0.717) is 35.3 Å². The van der Waals surface area contributed by atoms with E-state index in [2.05, 4.69) is 27.0 Å². The van der Waals surface area contributed by atoms with Gasteiger partial charge in [-0.1, -0.05) is 0 Å². The van der Waals surface area contributed by atoms with Gasteiger partial charge < -0.3 is 19.5 Å². The number of amides is 1. The molecule has 1 aliphatic rings. The summed E-state index contributed by atoms with van der Waals surface area (Å²) in [5, 5.41) is 7.40. The fourth-order valence-corrected chi connectivity index (χ4v) is 4.26. The van der Waals surface area contributed by atoms with Gasteiger partial charge in [0.05, 0.1) is 26.9 Å². The van der Waals surface area contributed by atoms with Crippen LogP contribution < -0.4 is 19.5 Å². The first-order valence-electron chi connectivity index (χ1n) is 9.46. The highest BCUT2D eigenvalue weighted by Gasteiger charge is 2.23. The van der Waals surface area contributed by atoms with Crippen LogP contribution in [0.15, 0.2) is 29.0 Å². The highest BCUT2D eigenvalue weighted by molar-refractivity contribution is 7.07. The molecule has 2 aromatic rings. The van der Waals surface area contributed by atoms with Crippen LogP contribution in [-0.2, 0) is 6.54 Å². The summed E-state index contributed by atoms with van der Waals surface area (Å²) in [6, 6.07) is 5.62. The van der Waals surface area contributed by atoms with Crippen molar-refractivity contribution in [1.82, 2.24) is 10.2 Å². The second-order valence-corrected chi connectivity index (χ2v) is 7.72. The number of rotatable bonds is 8. The predicted molar refractivity (Wildman–Crippen MR) is 111 cm³/mol. The molecule has 0 atom stereocenters. The van der Waals surface area contributed by atoms with E-state index in [0.717, 1.165) is 32.5 Å². The summed E-state index contributed by atoms with van der Waals surface area (Å²) in [7, 11) is 4.62. The second kappa shape index (κ2) is 9.80. The topological polar surface area (TPSA) is 60.0 Å². The summed E-state index contributed by atoms with van der Waals surface area (Å²) in [5.41, 5.74) is 1.84. The van der Waals surface area contributed by atoms with Gasteiger partial charge >= 0.3 is 0 Å². The molecule has 1 saturated heterocycles. The molecular weight excluding hydrogens is 376 g/mol. The molecule has 0 saturated carbocycles. The number of nitrogens with zero attached hydrogens (tertiary/aromatic N) is 1. The fraction of sp³-hybridized carbons (Fsp3) is 0.476. The van der Waals surface area contributed by atoms with E-state index in [-0.39, 0.29) is 5.91 Å². The minimum Gasteiger partial charge on any atom is -0.493 e. The zero-order valence-corrected chi connectivity index (χ0v) is 17.5. The predicted octanol–water partition coefficient (Wildman–Crippen LogP) is 3.42. The first-order valence-corrected chi connectivity index (χ1v) is 10.4. The molecule has 1 fully saturated rings. The molecule has 0 spiro atoms. The number of carbonyl (C=O) groups is 1. The van der Waals surface area contributed by atoms with Crippen molar-refractivity contribution < 1.29 is 19.0 Å². The molecule has 3 rings (SSSR count). The third-order valence-corrected chi connectivity index (χ3v) is 5.93. The molecule has 2 heterocycles. The van der Waals surface area contributed by atoms with Crippen molar-refractivity contribution >= 4 is 17.2 Å². The SMILES string of the molecule is COc1ccc(C(=O)NCC2CCN(Cc3ccsc3)CC2)c(OC)c1OC. The number of likely N-dealkylation sites (tertiary alicyclic amines) is 1. The second-order valence-electron chi connectivity index (χ2n) is 6.94. The number of hydrogen-bond donors (Lipinski definition) is 1. The lowest BCUT2D eigenvalue weighted by Crippen LogP contribution is -2.38. The monoisotopic (exact) mass is 404 g/mol. The maximum absolute atomic E-state index is 12.7. The van der Waals surface area contributed by atoms with Crippen molar-refractivity contribution in [3.8, 4) is 17.2 Å². The first-order chi connectivity index (χ1) is 13.7. The summed E-state index contributed by atoms with van der Waals surface area (Å²) < 4.78 is 16.1. The number of benzene rings is 1. The van der Waals surface area contributed by atoms with Crippen LogP contribution in [0.4, 0.5) is 0 Å². The Morgan fingerprint density at radius 3 is 2.46 bits per heavy atom. The molecule has 1 aliphatic heterocycles. The maximum atomic E-state index is 12.7. The van der Waals surface area contributed by atoms with Gasteiger partial charge in [-0.25, -0.2) is 0 Å². The van der Waals surface area contributed by atoms with Crippen molar-refractivity contribution in [2.24, 2.45) is 5.92 Å². The van der Waals surface area contributed by atoms with E-state index >= 15 is 0 Å². The van der Waals surface area contributed by atoms with E-state index in [1.165, 1.54) is 19.8 Å². The van der Waals surface area contributed by atoms with Gasteiger partial charge in [0.25, 0.3) is 5.91 Å². The normalized spacial score (nSPS) is 15.2. The molecule has 7 heteroatoms. The minimum absolute atomic E-state index is 0.154. The van der Waals surface area contributed by atoms with Crippen LogP contribution in [0.25, 0.3) is 0 Å². The lowest BCUT2D eigenvalue weighted by atomic mass is 9.96. The van der Waals surface area contributed by atoms with E-state index in [1.807, 2.05) is 0 Å². The van der Waals surface area contributed by atoms with E-state index in [9.17, 15) is 4.79 Å². The van der Waals surface area contributed by atoms with Crippen molar-refractivity contribution in [2.45, 2.75) is 19.4 Å². The third kappa shape index (κ3) is 4.77. The Kier molecular flexibility index (Phi) is 7.17. The quantitative estimate of drug-likeness (QED) is 0.731. The summed E-state index contributed by atoms with van der Waals surface area (Å²) in [4.78, 5) is 15.2. The highest BCUT2D eigenvalue weighted by atomic mass is 32.1. The van der Waals surface area contributed by atoms with Crippen LogP contribution in [0.2, 0.25) is 0 Å². The number of ether oxygens (including phenoxy) is 3. The molecule has 152 valence electrons. The molecule has 1 aromatic carbocycles. The maximum Gasteiger partial charge on any atom is 0.255 e. The van der Waals surface area contributed by atoms with Gasteiger partial charge in [-0.2, -0.15) is 11.3 Å². The van der Waals surface area contributed by atoms with Crippen molar-refractivity contribution in [3.63, 3.8) is 0 Å². The zero-order chi connectivity index (χ0) is 19.9. The Labute approximate surface area is 170 Å². The van der Waals surface area contributed by atoms with Crippen molar-refractivity contribution in [3.05, 3.63) is 40.1 Å². The summed E-state index contributed by atoms with van der Waals surface area (Å²) in [5.74, 6) is 1.70. The van der Waals surface area contributed by atoms with Crippen LogP contribution in [0, 0.1) is 5.92 Å². The van der Waals surface area contributed by atoms with E-state index in [1.54, 1.807) is 30.6 Å². The first kappa shape index (κ1) is 20.5. The van der Waals surface area contributed by atoms with Crippen LogP contribution in [0.3, 0.4) is 0 Å². The smallest absolute Gasteiger partial charge is 0.255 e. The Bertz CT molecular complexity index is 771. The summed E-state index contributed by atoms with van der Waals surface area (Å²) >= 11 is 1.74. The lowest BCUT2D eigenvalue weighted by Gasteiger charge is -2.31. The minimum atomic E-state index is -0.154. The Morgan fingerprint density at radius 1 is 1.11 bits per heavy atom. The standard InChI is InChI=1S/C21H28N2O4S/c1-25-18-5-4-17(19(26-2)20(18)27-3)21(24)22-12-15-6-9-23(10-7-15)13-16-8-11-28-14-16/h4-5,8,11,14-15H,6-7,9-10,12-13H2,1-3H3,(H,22,24). The van der Waals surface area contributed by atoms with Gasteiger partial charge in [0.1, 0.15) is 0 Å². The molecule has 0 aliphatic carbocycles. The van der Waals surface area contributed by atoms with Gasteiger partial charge in [-0.3, -0.25) is 9.69 Å². The zero-order valence-electron chi connectivity index (χ0n) is 16.7. The number of thiophene rings is 1. The Hall–Kier alpha value is -2.25. The van der Waals surface area contributed by atoms with Crippen LogP contribution in [-0.4, -0.2) is 51.8 Å². The Balaban J connectivity index is 1.53. The molecule has 6 nitrogen and oxygen atoms in total. The largest absolute Gasteiger partial charge is 0.493 e. The fourth-order valence-electron chi connectivity index (χ4n) is 3.60. The van der Waals surface area contributed by atoms with Gasteiger partial charge in [0.2, 0.25) is 5.75 Å². The molecule has 0 bridgehead atoms. The highest BCUT2D eigenvalue weighted by Crippen LogP contribution is 2.39. The summed E-state index contributed by atoms with van der Waals surface area (Å²) in [6.45, 7) is 3.82. The van der Waals surface area contributed by atoms with Crippen molar-refractivity contribution in [2.75, 3.05) is 41.0 Å². The number of piperidine rings is 1. The number of hydrogen-bond acceptors (Lipinski definition) is 6. The van der Waals surface area contributed by atoms with Crippen molar-refractivity contribution in [1.29, 1.82) is 0 Å². The average molecular weight is 405 g/mol. The third-order valence-electron chi connectivity index (χ3n) is 5.19. The molecule has 28 heavy (non-hydrogen) atoms. The summed E-state index contributed by atoms with van der Waals surface area (Å²) in [6.07, 6.45) is 2.18.